The molecule has 0 unspecified atom stereocenters. The second-order valence-electron chi connectivity index (χ2n) is 4.35. The van der Waals surface area contributed by atoms with E-state index in [0.29, 0.717) is 25.2 Å². The third-order valence-electron chi connectivity index (χ3n) is 2.85. The normalized spacial score (nSPS) is 10.2. The molecule has 0 aromatic heterocycles. The van der Waals surface area contributed by atoms with Crippen LogP contribution in [0.1, 0.15) is 21.5 Å². The monoisotopic (exact) mass is 272 g/mol. The molecule has 104 valence electrons. The van der Waals surface area contributed by atoms with E-state index in [1.807, 2.05) is 30.3 Å². The highest BCUT2D eigenvalue weighted by molar-refractivity contribution is 5.83. The van der Waals surface area contributed by atoms with Crippen LogP contribution >= 0.6 is 0 Å². The standard InChI is InChI=1S/C16H16O4/c1-19-10-13-7-15(18)14(9-17)16(8-13)20-11-12-5-3-2-4-6-12/h2-9,18H,10-11H2,1H3. The molecule has 0 radical (unpaired) electrons. The van der Waals surface area contributed by atoms with Crippen LogP contribution in [-0.2, 0) is 18.0 Å². The maximum absolute atomic E-state index is 11.1. The molecular weight excluding hydrogens is 256 g/mol. The Labute approximate surface area is 117 Å². The number of hydrogen-bond donors (Lipinski definition) is 1. The predicted molar refractivity (Wildman–Crippen MR) is 75.0 cm³/mol. The molecular formula is C16H16O4. The van der Waals surface area contributed by atoms with Crippen LogP contribution in [0.3, 0.4) is 0 Å². The van der Waals surface area contributed by atoms with Gasteiger partial charge in [0.05, 0.1) is 12.2 Å². The zero-order chi connectivity index (χ0) is 14.4. The van der Waals surface area contributed by atoms with Gasteiger partial charge in [-0.25, -0.2) is 0 Å². The van der Waals surface area contributed by atoms with Gasteiger partial charge in [-0.05, 0) is 23.3 Å². The molecule has 4 heteroatoms. The van der Waals surface area contributed by atoms with E-state index in [1.54, 1.807) is 13.2 Å². The lowest BCUT2D eigenvalue weighted by Crippen LogP contribution is -2.00. The summed E-state index contributed by atoms with van der Waals surface area (Å²) in [4.78, 5) is 11.1. The van der Waals surface area contributed by atoms with Gasteiger partial charge in [0.25, 0.3) is 0 Å². The molecule has 0 amide bonds. The molecule has 0 aliphatic rings. The Morgan fingerprint density at radius 1 is 1.10 bits per heavy atom. The number of rotatable bonds is 6. The molecule has 0 saturated carbocycles. The minimum absolute atomic E-state index is 0.0994. The van der Waals surface area contributed by atoms with Gasteiger partial charge in [-0.2, -0.15) is 0 Å². The summed E-state index contributed by atoms with van der Waals surface area (Å²) in [7, 11) is 1.56. The maximum Gasteiger partial charge on any atom is 0.157 e. The fraction of sp³-hybridized carbons (Fsp3) is 0.188. The van der Waals surface area contributed by atoms with E-state index in [4.69, 9.17) is 9.47 Å². The van der Waals surface area contributed by atoms with Crippen LogP contribution in [0.4, 0.5) is 0 Å². The molecule has 4 nitrogen and oxygen atoms in total. The van der Waals surface area contributed by atoms with Gasteiger partial charge in [0, 0.05) is 7.11 Å². The summed E-state index contributed by atoms with van der Waals surface area (Å²) in [6.45, 7) is 0.673. The van der Waals surface area contributed by atoms with Gasteiger partial charge in [0.2, 0.25) is 0 Å². The zero-order valence-corrected chi connectivity index (χ0v) is 11.2. The molecule has 0 fully saturated rings. The fourth-order valence-electron chi connectivity index (χ4n) is 1.89. The van der Waals surface area contributed by atoms with E-state index in [-0.39, 0.29) is 11.3 Å². The summed E-state index contributed by atoms with van der Waals surface area (Å²) >= 11 is 0. The molecule has 20 heavy (non-hydrogen) atoms. The van der Waals surface area contributed by atoms with Crippen molar-refractivity contribution in [2.24, 2.45) is 0 Å². The van der Waals surface area contributed by atoms with Gasteiger partial charge in [-0.3, -0.25) is 4.79 Å². The van der Waals surface area contributed by atoms with E-state index in [9.17, 15) is 9.90 Å². The van der Waals surface area contributed by atoms with Crippen LogP contribution in [-0.4, -0.2) is 18.5 Å². The topological polar surface area (TPSA) is 55.8 Å². The lowest BCUT2D eigenvalue weighted by molar-refractivity contribution is 0.111. The predicted octanol–water partition coefficient (Wildman–Crippen LogP) is 2.93. The van der Waals surface area contributed by atoms with Crippen molar-refractivity contribution < 1.29 is 19.4 Å². The summed E-state index contributed by atoms with van der Waals surface area (Å²) in [6, 6.07) is 12.8. The van der Waals surface area contributed by atoms with Gasteiger partial charge >= 0.3 is 0 Å². The van der Waals surface area contributed by atoms with E-state index >= 15 is 0 Å². The Hall–Kier alpha value is -2.33. The van der Waals surface area contributed by atoms with Crippen molar-refractivity contribution in [3.05, 3.63) is 59.2 Å². The molecule has 2 aromatic carbocycles. The molecule has 0 bridgehead atoms. The SMILES string of the molecule is COCc1cc(O)c(C=O)c(OCc2ccccc2)c1. The van der Waals surface area contributed by atoms with Crippen molar-refractivity contribution in [2.45, 2.75) is 13.2 Å². The number of phenols is 1. The van der Waals surface area contributed by atoms with Gasteiger partial charge in [0.1, 0.15) is 18.1 Å². The lowest BCUT2D eigenvalue weighted by Gasteiger charge is -2.12. The average Bonchev–Trinajstić information content (AvgIpc) is 2.46. The number of methoxy groups -OCH3 is 1. The van der Waals surface area contributed by atoms with E-state index < -0.39 is 0 Å². The summed E-state index contributed by atoms with van der Waals surface area (Å²) in [6.07, 6.45) is 0.590. The Kier molecular flexibility index (Phi) is 4.74. The molecule has 0 spiro atoms. The summed E-state index contributed by atoms with van der Waals surface area (Å²) in [5.41, 5.74) is 1.89. The van der Waals surface area contributed by atoms with Crippen LogP contribution in [0.5, 0.6) is 11.5 Å². The molecule has 0 atom stereocenters. The molecule has 0 aliphatic carbocycles. The first-order valence-electron chi connectivity index (χ1n) is 6.21. The quantitative estimate of drug-likeness (QED) is 0.821. The van der Waals surface area contributed by atoms with Crippen LogP contribution < -0.4 is 4.74 Å². The lowest BCUT2D eigenvalue weighted by atomic mass is 10.1. The highest BCUT2D eigenvalue weighted by atomic mass is 16.5. The number of aldehydes is 1. The third kappa shape index (κ3) is 3.36. The third-order valence-corrected chi connectivity index (χ3v) is 2.85. The minimum Gasteiger partial charge on any atom is -0.507 e. The Morgan fingerprint density at radius 3 is 2.50 bits per heavy atom. The Morgan fingerprint density at radius 2 is 1.85 bits per heavy atom. The first-order valence-corrected chi connectivity index (χ1v) is 6.21. The molecule has 2 rings (SSSR count). The largest absolute Gasteiger partial charge is 0.507 e. The summed E-state index contributed by atoms with van der Waals surface area (Å²) in [5, 5.41) is 9.83. The second kappa shape index (κ2) is 6.73. The van der Waals surface area contributed by atoms with Crippen LogP contribution in [0.2, 0.25) is 0 Å². The van der Waals surface area contributed by atoms with Crippen LogP contribution in [0.15, 0.2) is 42.5 Å². The average molecular weight is 272 g/mol. The molecule has 0 aliphatic heterocycles. The highest BCUT2D eigenvalue weighted by Gasteiger charge is 2.11. The maximum atomic E-state index is 11.1. The summed E-state index contributed by atoms with van der Waals surface area (Å²) in [5.74, 6) is 0.258. The first-order chi connectivity index (χ1) is 9.74. The van der Waals surface area contributed by atoms with Gasteiger partial charge in [-0.1, -0.05) is 30.3 Å². The molecule has 0 heterocycles. The van der Waals surface area contributed by atoms with Crippen molar-refractivity contribution in [3.63, 3.8) is 0 Å². The van der Waals surface area contributed by atoms with Crippen molar-refractivity contribution in [3.8, 4) is 11.5 Å². The molecule has 0 saturated heterocycles. The second-order valence-corrected chi connectivity index (χ2v) is 4.35. The van der Waals surface area contributed by atoms with Gasteiger partial charge in [-0.15, -0.1) is 0 Å². The summed E-state index contributed by atoms with van der Waals surface area (Å²) < 4.78 is 10.7. The van der Waals surface area contributed by atoms with Gasteiger partial charge in [0.15, 0.2) is 6.29 Å². The number of carbonyl (C=O) groups excluding carboxylic acids is 1. The van der Waals surface area contributed by atoms with E-state index in [2.05, 4.69) is 0 Å². The number of aromatic hydroxyl groups is 1. The van der Waals surface area contributed by atoms with Crippen LogP contribution in [0.25, 0.3) is 0 Å². The van der Waals surface area contributed by atoms with Crippen molar-refractivity contribution in [1.29, 1.82) is 0 Å². The Bertz CT molecular complexity index is 579. The number of ether oxygens (including phenoxy) is 2. The number of carbonyl (C=O) groups is 1. The first kappa shape index (κ1) is 14.1. The Balaban J connectivity index is 2.22. The van der Waals surface area contributed by atoms with E-state index in [0.717, 1.165) is 11.1 Å². The number of phenolic OH excluding ortho intramolecular Hbond substituents is 1. The smallest absolute Gasteiger partial charge is 0.157 e. The molecule has 2 aromatic rings. The minimum atomic E-state index is -0.0994. The number of hydrogen-bond acceptors (Lipinski definition) is 4. The number of benzene rings is 2. The molecule has 1 N–H and O–H groups in total. The fourth-order valence-corrected chi connectivity index (χ4v) is 1.89. The van der Waals surface area contributed by atoms with Crippen molar-refractivity contribution >= 4 is 6.29 Å². The van der Waals surface area contributed by atoms with Crippen molar-refractivity contribution in [1.82, 2.24) is 0 Å². The van der Waals surface area contributed by atoms with Crippen LogP contribution in [0, 0.1) is 0 Å². The highest BCUT2D eigenvalue weighted by Crippen LogP contribution is 2.29. The van der Waals surface area contributed by atoms with E-state index in [1.165, 1.54) is 6.07 Å². The van der Waals surface area contributed by atoms with Gasteiger partial charge < -0.3 is 14.6 Å². The zero-order valence-electron chi connectivity index (χ0n) is 11.2. The van der Waals surface area contributed by atoms with Crippen molar-refractivity contribution in [2.75, 3.05) is 7.11 Å².